The van der Waals surface area contributed by atoms with Gasteiger partial charge in [0.2, 0.25) is 0 Å². The molecule has 0 unspecified atom stereocenters. The molecule has 2 aromatic rings. The van der Waals surface area contributed by atoms with E-state index in [1.165, 1.54) is 17.8 Å². The van der Waals surface area contributed by atoms with Gasteiger partial charge in [0.15, 0.2) is 11.0 Å². The smallest absolute Gasteiger partial charge is 0.191 e. The molecule has 0 radical (unpaired) electrons. The SMILES string of the molecule is COCCSc1nnc(-c2ccccc2F)n1C. The summed E-state index contributed by atoms with van der Waals surface area (Å²) in [6.07, 6.45) is 0. The standard InChI is InChI=1S/C12H14FN3OS/c1-16-11(9-5-3-4-6-10(9)13)14-15-12(16)18-8-7-17-2/h3-6H,7-8H2,1-2H3. The summed E-state index contributed by atoms with van der Waals surface area (Å²) >= 11 is 1.53. The van der Waals surface area contributed by atoms with Crippen LogP contribution in [0.1, 0.15) is 0 Å². The molecule has 0 atom stereocenters. The van der Waals surface area contributed by atoms with E-state index < -0.39 is 0 Å². The Bertz CT molecular complexity index is 530. The lowest BCUT2D eigenvalue weighted by Crippen LogP contribution is -1.98. The molecule has 0 N–H and O–H groups in total. The Morgan fingerprint density at radius 1 is 1.33 bits per heavy atom. The van der Waals surface area contributed by atoms with Gasteiger partial charge >= 0.3 is 0 Å². The molecular weight excluding hydrogens is 253 g/mol. The Morgan fingerprint density at radius 3 is 2.83 bits per heavy atom. The molecule has 0 amide bonds. The zero-order valence-electron chi connectivity index (χ0n) is 10.3. The molecule has 0 aliphatic rings. The molecule has 96 valence electrons. The van der Waals surface area contributed by atoms with Crippen molar-refractivity contribution < 1.29 is 9.13 Å². The summed E-state index contributed by atoms with van der Waals surface area (Å²) < 4.78 is 20.4. The summed E-state index contributed by atoms with van der Waals surface area (Å²) in [6.45, 7) is 0.645. The van der Waals surface area contributed by atoms with E-state index in [1.54, 1.807) is 29.9 Å². The maximum absolute atomic E-state index is 13.7. The van der Waals surface area contributed by atoms with Crippen molar-refractivity contribution in [2.24, 2.45) is 7.05 Å². The summed E-state index contributed by atoms with van der Waals surface area (Å²) in [4.78, 5) is 0. The van der Waals surface area contributed by atoms with Gasteiger partial charge in [-0.05, 0) is 12.1 Å². The van der Waals surface area contributed by atoms with Crippen LogP contribution in [0.5, 0.6) is 0 Å². The van der Waals surface area contributed by atoms with Gasteiger partial charge in [0.1, 0.15) is 5.82 Å². The molecule has 0 aliphatic heterocycles. The number of benzene rings is 1. The molecule has 0 bridgehead atoms. The van der Waals surface area contributed by atoms with Crippen LogP contribution in [0.25, 0.3) is 11.4 Å². The van der Waals surface area contributed by atoms with Crippen molar-refractivity contribution in [2.75, 3.05) is 19.5 Å². The summed E-state index contributed by atoms with van der Waals surface area (Å²) in [5.74, 6) is 1.04. The highest BCUT2D eigenvalue weighted by Gasteiger charge is 2.13. The molecule has 1 aromatic heterocycles. The van der Waals surface area contributed by atoms with E-state index in [1.807, 2.05) is 7.05 Å². The zero-order valence-corrected chi connectivity index (χ0v) is 11.1. The summed E-state index contributed by atoms with van der Waals surface area (Å²) in [7, 11) is 3.49. The molecule has 6 heteroatoms. The van der Waals surface area contributed by atoms with Gasteiger partial charge in [0.25, 0.3) is 0 Å². The van der Waals surface area contributed by atoms with Crippen LogP contribution in [0.4, 0.5) is 4.39 Å². The van der Waals surface area contributed by atoms with Gasteiger partial charge < -0.3 is 9.30 Å². The Balaban J connectivity index is 2.23. The van der Waals surface area contributed by atoms with Gasteiger partial charge in [-0.1, -0.05) is 23.9 Å². The van der Waals surface area contributed by atoms with Crippen LogP contribution < -0.4 is 0 Å². The van der Waals surface area contributed by atoms with Gasteiger partial charge in [0, 0.05) is 19.9 Å². The predicted octanol–water partition coefficient (Wildman–Crippen LogP) is 2.36. The van der Waals surface area contributed by atoms with Crippen molar-refractivity contribution in [3.05, 3.63) is 30.1 Å². The van der Waals surface area contributed by atoms with Crippen molar-refractivity contribution in [2.45, 2.75) is 5.16 Å². The number of aromatic nitrogens is 3. The first-order chi connectivity index (χ1) is 8.74. The number of rotatable bonds is 5. The largest absolute Gasteiger partial charge is 0.384 e. The second kappa shape index (κ2) is 5.97. The Kier molecular flexibility index (Phi) is 4.33. The first-order valence-corrected chi connectivity index (χ1v) is 6.48. The second-order valence-corrected chi connectivity index (χ2v) is 4.75. The molecule has 4 nitrogen and oxygen atoms in total. The van der Waals surface area contributed by atoms with Gasteiger partial charge in [-0.2, -0.15) is 0 Å². The molecule has 1 aromatic carbocycles. The van der Waals surface area contributed by atoms with Crippen LogP contribution in [0.3, 0.4) is 0 Å². The van der Waals surface area contributed by atoms with Gasteiger partial charge in [0.05, 0.1) is 12.2 Å². The van der Waals surface area contributed by atoms with E-state index in [4.69, 9.17) is 4.74 Å². The molecule has 2 rings (SSSR count). The minimum atomic E-state index is -0.290. The van der Waals surface area contributed by atoms with E-state index in [9.17, 15) is 4.39 Å². The van der Waals surface area contributed by atoms with E-state index >= 15 is 0 Å². The number of methoxy groups -OCH3 is 1. The first kappa shape index (κ1) is 13.0. The molecule has 0 fully saturated rings. The van der Waals surface area contributed by atoms with Gasteiger partial charge in [-0.3, -0.25) is 0 Å². The third-order valence-electron chi connectivity index (χ3n) is 2.47. The zero-order chi connectivity index (χ0) is 13.0. The van der Waals surface area contributed by atoms with Crippen molar-refractivity contribution in [3.63, 3.8) is 0 Å². The van der Waals surface area contributed by atoms with Crippen molar-refractivity contribution in [1.82, 2.24) is 14.8 Å². The van der Waals surface area contributed by atoms with Gasteiger partial charge in [-0.25, -0.2) is 4.39 Å². The van der Waals surface area contributed by atoms with Crippen molar-refractivity contribution >= 4 is 11.8 Å². The lowest BCUT2D eigenvalue weighted by molar-refractivity contribution is 0.218. The van der Waals surface area contributed by atoms with Crippen LogP contribution in [-0.2, 0) is 11.8 Å². The molecular formula is C12H14FN3OS. The minimum absolute atomic E-state index is 0.290. The quantitative estimate of drug-likeness (QED) is 0.616. The number of thioether (sulfide) groups is 1. The molecule has 18 heavy (non-hydrogen) atoms. The van der Waals surface area contributed by atoms with E-state index in [-0.39, 0.29) is 5.82 Å². The van der Waals surface area contributed by atoms with Crippen LogP contribution in [-0.4, -0.2) is 34.2 Å². The number of hydrogen-bond acceptors (Lipinski definition) is 4. The summed E-state index contributed by atoms with van der Waals surface area (Å²) in [5, 5.41) is 8.85. The average molecular weight is 267 g/mol. The lowest BCUT2D eigenvalue weighted by Gasteiger charge is -2.04. The monoisotopic (exact) mass is 267 g/mol. The minimum Gasteiger partial charge on any atom is -0.384 e. The van der Waals surface area contributed by atoms with Crippen LogP contribution >= 0.6 is 11.8 Å². The number of hydrogen-bond donors (Lipinski definition) is 0. The first-order valence-electron chi connectivity index (χ1n) is 5.50. The molecule has 0 saturated carbocycles. The highest BCUT2D eigenvalue weighted by atomic mass is 32.2. The summed E-state index contributed by atoms with van der Waals surface area (Å²) in [6, 6.07) is 6.55. The van der Waals surface area contributed by atoms with E-state index in [0.29, 0.717) is 18.0 Å². The van der Waals surface area contributed by atoms with Crippen molar-refractivity contribution in [3.8, 4) is 11.4 Å². The topological polar surface area (TPSA) is 39.9 Å². The maximum atomic E-state index is 13.7. The highest BCUT2D eigenvalue weighted by Crippen LogP contribution is 2.24. The molecule has 0 saturated heterocycles. The van der Waals surface area contributed by atoms with Crippen LogP contribution in [0.2, 0.25) is 0 Å². The predicted molar refractivity (Wildman–Crippen MR) is 69.0 cm³/mol. The highest BCUT2D eigenvalue weighted by molar-refractivity contribution is 7.99. The second-order valence-electron chi connectivity index (χ2n) is 3.69. The fourth-order valence-electron chi connectivity index (χ4n) is 1.53. The molecule has 0 aliphatic carbocycles. The lowest BCUT2D eigenvalue weighted by atomic mass is 10.2. The fourth-order valence-corrected chi connectivity index (χ4v) is 2.35. The number of nitrogens with zero attached hydrogens (tertiary/aromatic N) is 3. The number of ether oxygens (including phenoxy) is 1. The van der Waals surface area contributed by atoms with Gasteiger partial charge in [-0.15, -0.1) is 10.2 Å². The normalized spacial score (nSPS) is 10.8. The van der Waals surface area contributed by atoms with E-state index in [0.717, 1.165) is 10.9 Å². The third-order valence-corrected chi connectivity index (χ3v) is 3.45. The van der Waals surface area contributed by atoms with E-state index in [2.05, 4.69) is 10.2 Å². The summed E-state index contributed by atoms with van der Waals surface area (Å²) in [5.41, 5.74) is 0.464. The Hall–Kier alpha value is -1.40. The Morgan fingerprint density at radius 2 is 2.11 bits per heavy atom. The Labute approximate surface area is 109 Å². The molecule has 1 heterocycles. The maximum Gasteiger partial charge on any atom is 0.191 e. The van der Waals surface area contributed by atoms with Crippen LogP contribution in [0, 0.1) is 5.82 Å². The fraction of sp³-hybridized carbons (Fsp3) is 0.333. The van der Waals surface area contributed by atoms with Crippen LogP contribution in [0.15, 0.2) is 29.4 Å². The van der Waals surface area contributed by atoms with Crippen molar-refractivity contribution in [1.29, 1.82) is 0 Å². The third kappa shape index (κ3) is 2.70. The average Bonchev–Trinajstić information content (AvgIpc) is 2.72. The molecule has 0 spiro atoms. The number of halogens is 1.